The van der Waals surface area contributed by atoms with E-state index in [1.54, 1.807) is 0 Å². The second-order valence-electron chi connectivity index (χ2n) is 11.6. The van der Waals surface area contributed by atoms with Gasteiger partial charge >= 0.3 is 0 Å². The first kappa shape index (κ1) is 31.4. The molecule has 0 aliphatic rings. The van der Waals surface area contributed by atoms with Crippen LogP contribution in [0.5, 0.6) is 0 Å². The Kier molecular flexibility index (Phi) is 9.52. The Balaban J connectivity index is 0.00000351. The van der Waals surface area contributed by atoms with Crippen LogP contribution in [0.2, 0.25) is 0 Å². The van der Waals surface area contributed by atoms with Crippen LogP contribution in [-0.2, 0) is 19.5 Å². The molecule has 0 nitrogen and oxygen atoms in total. The number of benzene rings is 8. The molecule has 0 unspecified atom stereocenters. The van der Waals surface area contributed by atoms with Crippen molar-refractivity contribution in [3.8, 4) is 11.1 Å². The molecule has 0 fully saturated rings. The molecule has 0 spiro atoms. The van der Waals surface area contributed by atoms with Gasteiger partial charge in [0, 0.05) is 30.6 Å². The molecule has 0 N–H and O–H groups in total. The molecule has 0 amide bonds. The van der Waals surface area contributed by atoms with Crippen LogP contribution < -0.4 is 31.8 Å². The van der Waals surface area contributed by atoms with Gasteiger partial charge in [-0.05, 0) is 82.2 Å². The molecule has 0 bridgehead atoms. The van der Waals surface area contributed by atoms with Gasteiger partial charge in [-0.1, -0.05) is 133 Å². The summed E-state index contributed by atoms with van der Waals surface area (Å²) >= 11 is 0. The first-order chi connectivity index (χ1) is 22.9. The van der Waals surface area contributed by atoms with Crippen molar-refractivity contribution < 1.29 is 19.5 Å². The third-order valence-corrected chi connectivity index (χ3v) is 14.4. The molecule has 226 valence electrons. The first-order valence-electron chi connectivity index (χ1n) is 15.9. The summed E-state index contributed by atoms with van der Waals surface area (Å²) in [4.78, 5) is 0. The van der Waals surface area contributed by atoms with Gasteiger partial charge in [0.2, 0.25) is 0 Å². The van der Waals surface area contributed by atoms with Gasteiger partial charge in [-0.2, -0.15) is 0 Å². The van der Waals surface area contributed by atoms with Crippen LogP contribution in [0.25, 0.3) is 32.7 Å². The minimum absolute atomic E-state index is 0. The predicted molar refractivity (Wildman–Crippen MR) is 207 cm³/mol. The van der Waals surface area contributed by atoms with Crippen molar-refractivity contribution in [1.82, 2.24) is 0 Å². The smallest absolute Gasteiger partial charge is 0.0620 e. The van der Waals surface area contributed by atoms with Crippen LogP contribution in [0.1, 0.15) is 0 Å². The minimum atomic E-state index is -1.37. The molecule has 8 rings (SSSR count). The van der Waals surface area contributed by atoms with E-state index in [9.17, 15) is 0 Å². The average molecular weight is 726 g/mol. The van der Waals surface area contributed by atoms with Gasteiger partial charge in [-0.25, -0.2) is 0 Å². The Bertz CT molecular complexity index is 2010. The first-order valence-corrected chi connectivity index (χ1v) is 18.9. The van der Waals surface area contributed by atoms with Crippen molar-refractivity contribution in [2.24, 2.45) is 0 Å². The zero-order valence-corrected chi connectivity index (χ0v) is 29.6. The molecule has 0 aliphatic carbocycles. The van der Waals surface area contributed by atoms with E-state index >= 15 is 0 Å². The molecule has 0 atom stereocenters. The molecule has 8 aromatic carbocycles. The van der Waals surface area contributed by atoms with Gasteiger partial charge < -0.3 is 0 Å². The minimum Gasteiger partial charge on any atom is -0.0620 e. The van der Waals surface area contributed by atoms with E-state index in [0.29, 0.717) is 0 Å². The molecule has 0 heterocycles. The van der Waals surface area contributed by atoms with Gasteiger partial charge in [-0.15, -0.1) is 0 Å². The molecule has 47 heavy (non-hydrogen) atoms. The Morgan fingerprint density at radius 3 is 0.851 bits per heavy atom. The molecule has 0 saturated heterocycles. The summed E-state index contributed by atoms with van der Waals surface area (Å²) in [5.41, 5.74) is 2.75. The summed E-state index contributed by atoms with van der Waals surface area (Å²) in [5.74, 6) is 0. The monoisotopic (exact) mass is 726 g/mol. The summed E-state index contributed by atoms with van der Waals surface area (Å²) in [5, 5.41) is 13.6. The topological polar surface area (TPSA) is 0 Å². The van der Waals surface area contributed by atoms with Crippen LogP contribution in [0.15, 0.2) is 194 Å². The molecular weight excluding hydrogens is 692 g/mol. The van der Waals surface area contributed by atoms with E-state index in [-0.39, 0.29) is 19.5 Å². The zero-order chi connectivity index (χ0) is 30.7. The summed E-state index contributed by atoms with van der Waals surface area (Å²) in [6, 6.07) is 72.2. The molecule has 0 aliphatic heterocycles. The van der Waals surface area contributed by atoms with Crippen LogP contribution in [0, 0.1) is 0 Å². The van der Waals surface area contributed by atoms with E-state index < -0.39 is 15.8 Å². The number of rotatable bonds is 7. The fraction of sp³-hybridized carbons (Fsp3) is 0. The quantitative estimate of drug-likeness (QED) is 0.114. The van der Waals surface area contributed by atoms with Gasteiger partial charge in [-0.3, -0.25) is 0 Å². The Labute approximate surface area is 292 Å². The van der Waals surface area contributed by atoms with E-state index in [2.05, 4.69) is 194 Å². The standard InChI is InChI=1S/C44H32P2.Ru/c1-5-19-35(20-6-1)45(36-21-7-2-8-22-36)41-31-29-33-17-13-15-27-39(33)43(41)44-40-28-16-14-18-34(40)30-32-42(44)46(37-23-9-3-10-24-37)38-25-11-4-12-26-38;/h1-32H;/p+2. The SMILES string of the molecule is [Ru].c1ccc([PH+](c2ccccc2)c2ccc3ccccc3c2-c2c([PH+](c3ccccc3)c3ccccc3)ccc3ccccc23)cc1. The normalized spacial score (nSPS) is 11.2. The van der Waals surface area contributed by atoms with Crippen molar-refractivity contribution in [2.45, 2.75) is 0 Å². The Hall–Kier alpha value is -4.24. The molecule has 0 aromatic heterocycles. The summed E-state index contributed by atoms with van der Waals surface area (Å²) < 4.78 is 0. The second kappa shape index (κ2) is 14.3. The van der Waals surface area contributed by atoms with Gasteiger partial charge in [0.05, 0.1) is 15.8 Å². The molecule has 8 aromatic rings. The second-order valence-corrected chi connectivity index (χ2v) is 16.5. The Morgan fingerprint density at radius 2 is 0.532 bits per heavy atom. The number of hydrogen-bond donors (Lipinski definition) is 0. The van der Waals surface area contributed by atoms with E-state index in [1.165, 1.54) is 64.5 Å². The van der Waals surface area contributed by atoms with E-state index in [4.69, 9.17) is 0 Å². The average Bonchev–Trinajstić information content (AvgIpc) is 3.14. The van der Waals surface area contributed by atoms with Crippen LogP contribution in [0.3, 0.4) is 0 Å². The molecule has 3 heteroatoms. The van der Waals surface area contributed by atoms with Gasteiger partial charge in [0.15, 0.2) is 0 Å². The van der Waals surface area contributed by atoms with Crippen molar-refractivity contribution >= 4 is 69.2 Å². The number of hydrogen-bond acceptors (Lipinski definition) is 0. The predicted octanol–water partition coefficient (Wildman–Crippen LogP) is 8.64. The van der Waals surface area contributed by atoms with Crippen LogP contribution in [0.4, 0.5) is 0 Å². The molecular formula is C44H34P2Ru+2. The maximum atomic E-state index is 2.44. The summed E-state index contributed by atoms with van der Waals surface area (Å²) in [7, 11) is -2.74. The zero-order valence-electron chi connectivity index (χ0n) is 25.8. The molecule has 0 radical (unpaired) electrons. The largest absolute Gasteiger partial charge is 0.111 e. The van der Waals surface area contributed by atoms with Crippen LogP contribution >= 0.6 is 15.8 Å². The van der Waals surface area contributed by atoms with E-state index in [0.717, 1.165) is 0 Å². The summed E-state index contributed by atoms with van der Waals surface area (Å²) in [6.45, 7) is 0. The fourth-order valence-electron chi connectivity index (χ4n) is 6.87. The third-order valence-electron chi connectivity index (χ3n) is 8.90. The maximum Gasteiger partial charge on any atom is 0.111 e. The Morgan fingerprint density at radius 1 is 0.255 bits per heavy atom. The van der Waals surface area contributed by atoms with E-state index in [1.807, 2.05) is 0 Å². The van der Waals surface area contributed by atoms with Crippen molar-refractivity contribution in [3.05, 3.63) is 194 Å². The number of fused-ring (bicyclic) bond motifs is 2. The van der Waals surface area contributed by atoms with Crippen LogP contribution in [-0.4, -0.2) is 0 Å². The van der Waals surface area contributed by atoms with Crippen molar-refractivity contribution in [3.63, 3.8) is 0 Å². The van der Waals surface area contributed by atoms with Gasteiger partial charge in [0.1, 0.15) is 31.8 Å². The molecule has 0 saturated carbocycles. The fourth-order valence-corrected chi connectivity index (χ4v) is 12.4. The van der Waals surface area contributed by atoms with Crippen molar-refractivity contribution in [2.75, 3.05) is 0 Å². The van der Waals surface area contributed by atoms with Crippen molar-refractivity contribution in [1.29, 1.82) is 0 Å². The van der Waals surface area contributed by atoms with Gasteiger partial charge in [0.25, 0.3) is 0 Å². The third kappa shape index (κ3) is 6.13. The maximum absolute atomic E-state index is 2.44. The summed E-state index contributed by atoms with van der Waals surface area (Å²) in [6.07, 6.45) is 0.